The molecule has 1 aromatic rings. The third-order valence-electron chi connectivity index (χ3n) is 4.56. The van der Waals surface area contributed by atoms with Gasteiger partial charge in [0.2, 0.25) is 0 Å². The van der Waals surface area contributed by atoms with Crippen molar-refractivity contribution in [3.63, 3.8) is 0 Å². The van der Waals surface area contributed by atoms with Crippen molar-refractivity contribution in [3.05, 3.63) is 38.5 Å². The van der Waals surface area contributed by atoms with Crippen molar-refractivity contribution in [1.29, 1.82) is 0 Å². The van der Waals surface area contributed by atoms with E-state index >= 15 is 0 Å². The van der Waals surface area contributed by atoms with Crippen LogP contribution in [0.25, 0.3) is 6.08 Å². The number of likely N-dealkylation sites (tertiary alicyclic amines) is 1. The number of thiazole rings is 1. The summed E-state index contributed by atoms with van der Waals surface area (Å²) in [6.07, 6.45) is 10.2. The second kappa shape index (κ2) is 9.94. The molecule has 0 amide bonds. The van der Waals surface area contributed by atoms with Crippen molar-refractivity contribution in [2.45, 2.75) is 52.0 Å². The van der Waals surface area contributed by atoms with Crippen molar-refractivity contribution >= 4 is 17.4 Å². The number of nitrogens with zero attached hydrogens (tertiary/aromatic N) is 2. The molecule has 0 saturated carbocycles. The molecule has 5 heteroatoms. The van der Waals surface area contributed by atoms with Gasteiger partial charge in [0.15, 0.2) is 0 Å². The van der Waals surface area contributed by atoms with Crippen molar-refractivity contribution in [3.8, 4) is 0 Å². The summed E-state index contributed by atoms with van der Waals surface area (Å²) in [4.78, 5) is 15.9. The van der Waals surface area contributed by atoms with Gasteiger partial charge in [0.1, 0.15) is 0 Å². The first kappa shape index (κ1) is 19.1. The van der Waals surface area contributed by atoms with E-state index in [4.69, 9.17) is 0 Å². The van der Waals surface area contributed by atoms with Crippen molar-refractivity contribution in [2.24, 2.45) is 0 Å². The fourth-order valence-electron chi connectivity index (χ4n) is 3.12. The number of allylic oxidation sites excluding steroid dienone is 2. The molecule has 2 heterocycles. The second-order valence-electron chi connectivity index (χ2n) is 6.50. The number of alkyl halides is 1. The van der Waals surface area contributed by atoms with Gasteiger partial charge in [-0.2, -0.15) is 0 Å². The largest absolute Gasteiger partial charge is 0.307 e. The zero-order valence-corrected chi connectivity index (χ0v) is 15.5. The Balaban J connectivity index is 2.02. The third kappa shape index (κ3) is 5.71. The molecular weight excluding hydrogens is 323 g/mol. The lowest BCUT2D eigenvalue weighted by molar-refractivity contribution is 0.272. The SMILES string of the molecule is C=C(/C=C\c1c(C)sc(=O)n1CCN1CCCCCC1)CCCF. The molecule has 134 valence electrons. The molecule has 0 spiro atoms. The number of hydrogen-bond donors (Lipinski definition) is 0. The van der Waals surface area contributed by atoms with Gasteiger partial charge in [0.25, 0.3) is 0 Å². The fraction of sp³-hybridized carbons (Fsp3) is 0.632. The molecule has 3 nitrogen and oxygen atoms in total. The summed E-state index contributed by atoms with van der Waals surface area (Å²) in [6.45, 7) is 9.58. The fourth-order valence-corrected chi connectivity index (χ4v) is 3.97. The predicted molar refractivity (Wildman–Crippen MR) is 102 cm³/mol. The number of hydrogen-bond acceptors (Lipinski definition) is 3. The first-order chi connectivity index (χ1) is 11.6. The van der Waals surface area contributed by atoms with Crippen LogP contribution in [0.15, 0.2) is 23.0 Å². The second-order valence-corrected chi connectivity index (χ2v) is 7.67. The van der Waals surface area contributed by atoms with Gasteiger partial charge in [-0.1, -0.05) is 42.4 Å². The van der Waals surface area contributed by atoms with Gasteiger partial charge in [-0.05, 0) is 51.8 Å². The van der Waals surface area contributed by atoms with Crippen LogP contribution in [0.4, 0.5) is 4.39 Å². The molecule has 1 aromatic heterocycles. The minimum atomic E-state index is -0.315. The molecule has 0 radical (unpaired) electrons. The Morgan fingerprint density at radius 3 is 2.62 bits per heavy atom. The molecule has 1 saturated heterocycles. The molecule has 1 aliphatic heterocycles. The maximum Gasteiger partial charge on any atom is 0.307 e. The molecule has 0 bridgehead atoms. The van der Waals surface area contributed by atoms with Gasteiger partial charge in [0, 0.05) is 18.0 Å². The van der Waals surface area contributed by atoms with Crippen LogP contribution >= 0.6 is 11.3 Å². The Labute approximate surface area is 148 Å². The summed E-state index contributed by atoms with van der Waals surface area (Å²) in [5, 5.41) is 0. The van der Waals surface area contributed by atoms with E-state index in [-0.39, 0.29) is 11.5 Å². The van der Waals surface area contributed by atoms with E-state index in [1.807, 2.05) is 23.6 Å². The summed E-state index contributed by atoms with van der Waals surface area (Å²) < 4.78 is 14.1. The molecule has 24 heavy (non-hydrogen) atoms. The van der Waals surface area contributed by atoms with Crippen LogP contribution in [-0.4, -0.2) is 35.8 Å². The van der Waals surface area contributed by atoms with Gasteiger partial charge >= 0.3 is 4.87 Å². The normalized spacial score (nSPS) is 16.6. The summed E-state index contributed by atoms with van der Waals surface area (Å²) in [5.74, 6) is 0. The third-order valence-corrected chi connectivity index (χ3v) is 5.47. The Bertz CT molecular complexity index is 609. The average molecular weight is 353 g/mol. The molecule has 1 aliphatic rings. The number of rotatable bonds is 8. The summed E-state index contributed by atoms with van der Waals surface area (Å²) in [5.41, 5.74) is 1.88. The number of aryl methyl sites for hydroxylation is 1. The van der Waals surface area contributed by atoms with Crippen LogP contribution in [0.1, 0.15) is 49.1 Å². The molecule has 0 unspecified atom stereocenters. The lowest BCUT2D eigenvalue weighted by atomic mass is 10.1. The van der Waals surface area contributed by atoms with E-state index in [2.05, 4.69) is 11.5 Å². The van der Waals surface area contributed by atoms with Crippen LogP contribution < -0.4 is 4.87 Å². The van der Waals surface area contributed by atoms with E-state index in [1.165, 1.54) is 37.0 Å². The van der Waals surface area contributed by atoms with Gasteiger partial charge in [-0.15, -0.1) is 0 Å². The number of aromatic nitrogens is 1. The molecule has 2 rings (SSSR count). The molecule has 0 atom stereocenters. The van der Waals surface area contributed by atoms with E-state index in [9.17, 15) is 9.18 Å². The minimum absolute atomic E-state index is 0.108. The van der Waals surface area contributed by atoms with Crippen LogP contribution in [0.5, 0.6) is 0 Å². The Morgan fingerprint density at radius 2 is 1.96 bits per heavy atom. The zero-order valence-electron chi connectivity index (χ0n) is 14.7. The number of halogens is 1. The molecular formula is C19H29FN2OS. The highest BCUT2D eigenvalue weighted by atomic mass is 32.1. The first-order valence-electron chi connectivity index (χ1n) is 8.96. The molecule has 0 aromatic carbocycles. The van der Waals surface area contributed by atoms with E-state index in [0.717, 1.165) is 42.3 Å². The van der Waals surface area contributed by atoms with E-state index < -0.39 is 0 Å². The van der Waals surface area contributed by atoms with Gasteiger partial charge in [-0.3, -0.25) is 13.8 Å². The lowest BCUT2D eigenvalue weighted by Crippen LogP contribution is -2.30. The standard InChI is InChI=1S/C19H29FN2OS/c1-16(8-7-11-20)9-10-18-17(2)24-19(23)22(18)15-14-21-12-5-3-4-6-13-21/h9-10H,1,3-8,11-15H2,2H3/b10-9-. The highest BCUT2D eigenvalue weighted by molar-refractivity contribution is 7.09. The zero-order chi connectivity index (χ0) is 17.4. The molecule has 1 fully saturated rings. The topological polar surface area (TPSA) is 25.2 Å². The van der Waals surface area contributed by atoms with Crippen LogP contribution in [0.3, 0.4) is 0 Å². The first-order valence-corrected chi connectivity index (χ1v) is 9.78. The van der Waals surface area contributed by atoms with Gasteiger partial charge in [-0.25, -0.2) is 0 Å². The van der Waals surface area contributed by atoms with Crippen molar-refractivity contribution < 1.29 is 4.39 Å². The van der Waals surface area contributed by atoms with Gasteiger partial charge in [0.05, 0.1) is 12.4 Å². The van der Waals surface area contributed by atoms with Crippen molar-refractivity contribution in [2.75, 3.05) is 26.3 Å². The summed E-state index contributed by atoms with van der Waals surface area (Å²) in [6, 6.07) is 0. The van der Waals surface area contributed by atoms with E-state index in [1.54, 1.807) is 0 Å². The van der Waals surface area contributed by atoms with Crippen LogP contribution in [-0.2, 0) is 6.54 Å². The Kier molecular flexibility index (Phi) is 7.92. The smallest absolute Gasteiger partial charge is 0.302 e. The van der Waals surface area contributed by atoms with Gasteiger partial charge < -0.3 is 4.90 Å². The maximum absolute atomic E-state index is 12.3. The Morgan fingerprint density at radius 1 is 1.25 bits per heavy atom. The van der Waals surface area contributed by atoms with Crippen LogP contribution in [0, 0.1) is 6.92 Å². The molecule has 0 N–H and O–H groups in total. The maximum atomic E-state index is 12.3. The highest BCUT2D eigenvalue weighted by Gasteiger charge is 2.13. The minimum Gasteiger partial charge on any atom is -0.302 e. The highest BCUT2D eigenvalue weighted by Crippen LogP contribution is 2.16. The monoisotopic (exact) mass is 352 g/mol. The summed E-state index contributed by atoms with van der Waals surface area (Å²) in [7, 11) is 0. The van der Waals surface area contributed by atoms with E-state index in [0.29, 0.717) is 12.8 Å². The lowest BCUT2D eigenvalue weighted by Gasteiger charge is -2.20. The molecule has 0 aliphatic carbocycles. The Hall–Kier alpha value is -1.20. The van der Waals surface area contributed by atoms with Crippen molar-refractivity contribution in [1.82, 2.24) is 9.47 Å². The average Bonchev–Trinajstić information content (AvgIpc) is 2.74. The quantitative estimate of drug-likeness (QED) is 0.647. The predicted octanol–water partition coefficient (Wildman–Crippen LogP) is 4.41. The summed E-state index contributed by atoms with van der Waals surface area (Å²) >= 11 is 1.30. The van der Waals surface area contributed by atoms with Crippen LogP contribution in [0.2, 0.25) is 0 Å².